The quantitative estimate of drug-likeness (QED) is 0.460. The minimum absolute atomic E-state index is 0.180. The molecule has 1 aromatic rings. The minimum Gasteiger partial charge on any atom is -0.258 e. The SMILES string of the molecule is O=[N+]([O-])c1ccccc1CC1CCCC1Cl. The summed E-state index contributed by atoms with van der Waals surface area (Å²) < 4.78 is 0. The zero-order valence-corrected chi connectivity index (χ0v) is 9.69. The lowest BCUT2D eigenvalue weighted by molar-refractivity contribution is -0.385. The average Bonchev–Trinajstić information content (AvgIpc) is 2.65. The summed E-state index contributed by atoms with van der Waals surface area (Å²) in [5.41, 5.74) is 1.03. The van der Waals surface area contributed by atoms with E-state index in [2.05, 4.69) is 0 Å². The fraction of sp³-hybridized carbons (Fsp3) is 0.500. The second-order valence-electron chi connectivity index (χ2n) is 4.30. The number of benzene rings is 1. The van der Waals surface area contributed by atoms with Crippen LogP contribution < -0.4 is 0 Å². The first kappa shape index (κ1) is 11.4. The molecule has 16 heavy (non-hydrogen) atoms. The van der Waals surface area contributed by atoms with Crippen LogP contribution in [0.15, 0.2) is 24.3 Å². The highest BCUT2D eigenvalue weighted by molar-refractivity contribution is 6.20. The van der Waals surface area contributed by atoms with Crippen LogP contribution in [-0.2, 0) is 6.42 Å². The van der Waals surface area contributed by atoms with Crippen molar-refractivity contribution in [2.45, 2.75) is 31.1 Å². The molecule has 0 saturated heterocycles. The zero-order valence-electron chi connectivity index (χ0n) is 8.93. The summed E-state index contributed by atoms with van der Waals surface area (Å²) in [6, 6.07) is 6.95. The lowest BCUT2D eigenvalue weighted by Crippen LogP contribution is -2.11. The van der Waals surface area contributed by atoms with Crippen molar-refractivity contribution in [2.24, 2.45) is 5.92 Å². The molecule has 0 spiro atoms. The highest BCUT2D eigenvalue weighted by Crippen LogP contribution is 2.34. The van der Waals surface area contributed by atoms with Gasteiger partial charge in [-0.25, -0.2) is 0 Å². The van der Waals surface area contributed by atoms with Crippen molar-refractivity contribution in [2.75, 3.05) is 0 Å². The van der Waals surface area contributed by atoms with Gasteiger partial charge in [-0.1, -0.05) is 24.6 Å². The summed E-state index contributed by atoms with van der Waals surface area (Å²) in [6.45, 7) is 0. The van der Waals surface area contributed by atoms with Crippen molar-refractivity contribution < 1.29 is 4.92 Å². The van der Waals surface area contributed by atoms with Gasteiger partial charge in [-0.3, -0.25) is 10.1 Å². The van der Waals surface area contributed by atoms with Crippen LogP contribution in [0.3, 0.4) is 0 Å². The number of nitrogens with zero attached hydrogens (tertiary/aromatic N) is 1. The number of hydrogen-bond donors (Lipinski definition) is 0. The maximum Gasteiger partial charge on any atom is 0.272 e. The van der Waals surface area contributed by atoms with Gasteiger partial charge in [0.2, 0.25) is 0 Å². The topological polar surface area (TPSA) is 43.1 Å². The van der Waals surface area contributed by atoms with Crippen LogP contribution in [0, 0.1) is 16.0 Å². The fourth-order valence-corrected chi connectivity index (χ4v) is 2.73. The molecule has 2 atom stereocenters. The van der Waals surface area contributed by atoms with Crippen molar-refractivity contribution in [3.63, 3.8) is 0 Å². The van der Waals surface area contributed by atoms with E-state index in [1.807, 2.05) is 12.1 Å². The number of halogens is 1. The van der Waals surface area contributed by atoms with E-state index in [-0.39, 0.29) is 16.0 Å². The molecule has 0 bridgehead atoms. The van der Waals surface area contributed by atoms with Gasteiger partial charge in [0.1, 0.15) is 0 Å². The lowest BCUT2D eigenvalue weighted by Gasteiger charge is -2.13. The van der Waals surface area contributed by atoms with Gasteiger partial charge in [0.05, 0.1) is 4.92 Å². The Labute approximate surface area is 99.6 Å². The average molecular weight is 240 g/mol. The molecule has 0 aromatic heterocycles. The minimum atomic E-state index is -0.312. The molecule has 1 aliphatic rings. The van der Waals surface area contributed by atoms with Gasteiger partial charge < -0.3 is 0 Å². The number of hydrogen-bond acceptors (Lipinski definition) is 2. The molecule has 0 N–H and O–H groups in total. The molecule has 1 saturated carbocycles. The fourth-order valence-electron chi connectivity index (χ4n) is 2.37. The summed E-state index contributed by atoms with van der Waals surface area (Å²) in [5, 5.41) is 11.0. The second-order valence-corrected chi connectivity index (χ2v) is 4.86. The van der Waals surface area contributed by atoms with Gasteiger partial charge in [0.15, 0.2) is 0 Å². The Morgan fingerprint density at radius 1 is 1.38 bits per heavy atom. The summed E-state index contributed by atoms with van der Waals surface area (Å²) in [4.78, 5) is 10.5. The second kappa shape index (κ2) is 4.83. The number of nitro benzene ring substituents is 1. The molecule has 0 aliphatic heterocycles. The summed E-state index contributed by atoms with van der Waals surface area (Å²) in [6.07, 6.45) is 3.98. The molecule has 4 heteroatoms. The normalized spacial score (nSPS) is 24.6. The van der Waals surface area contributed by atoms with Gasteiger partial charge in [-0.2, -0.15) is 0 Å². The van der Waals surface area contributed by atoms with Crippen LogP contribution in [-0.4, -0.2) is 10.3 Å². The van der Waals surface area contributed by atoms with Crippen LogP contribution in [0.2, 0.25) is 0 Å². The molecular formula is C12H14ClNO2. The van der Waals surface area contributed by atoms with Gasteiger partial charge in [-0.15, -0.1) is 11.6 Å². The third-order valence-corrected chi connectivity index (χ3v) is 3.81. The standard InChI is InChI=1S/C12H14ClNO2/c13-11-6-3-5-9(11)8-10-4-1-2-7-12(10)14(15)16/h1-2,4,7,9,11H,3,5-6,8H2. The summed E-state index contributed by atoms with van der Waals surface area (Å²) in [7, 11) is 0. The first-order valence-electron chi connectivity index (χ1n) is 5.55. The molecule has 86 valence electrons. The Morgan fingerprint density at radius 3 is 2.75 bits per heavy atom. The van der Waals surface area contributed by atoms with Crippen LogP contribution in [0.4, 0.5) is 5.69 Å². The Morgan fingerprint density at radius 2 is 2.12 bits per heavy atom. The van der Waals surface area contributed by atoms with Crippen molar-refractivity contribution in [1.29, 1.82) is 0 Å². The van der Waals surface area contributed by atoms with Crippen LogP contribution in [0.1, 0.15) is 24.8 Å². The molecule has 2 rings (SSSR count). The first-order chi connectivity index (χ1) is 7.68. The lowest BCUT2D eigenvalue weighted by atomic mass is 9.96. The van der Waals surface area contributed by atoms with Crippen LogP contribution in [0.25, 0.3) is 0 Å². The van der Waals surface area contributed by atoms with E-state index in [1.165, 1.54) is 0 Å². The third kappa shape index (κ3) is 2.35. The molecule has 1 aliphatic carbocycles. The van der Waals surface area contributed by atoms with E-state index in [1.54, 1.807) is 12.1 Å². The van der Waals surface area contributed by atoms with Gasteiger partial charge in [-0.05, 0) is 25.2 Å². The highest BCUT2D eigenvalue weighted by atomic mass is 35.5. The zero-order chi connectivity index (χ0) is 11.5. The van der Waals surface area contributed by atoms with E-state index in [0.717, 1.165) is 31.2 Å². The van der Waals surface area contributed by atoms with E-state index in [4.69, 9.17) is 11.6 Å². The highest BCUT2D eigenvalue weighted by Gasteiger charge is 2.27. The monoisotopic (exact) mass is 239 g/mol. The van der Waals surface area contributed by atoms with Gasteiger partial charge >= 0.3 is 0 Å². The smallest absolute Gasteiger partial charge is 0.258 e. The third-order valence-electron chi connectivity index (χ3n) is 3.24. The van der Waals surface area contributed by atoms with E-state index < -0.39 is 0 Å². The van der Waals surface area contributed by atoms with E-state index >= 15 is 0 Å². The summed E-state index contributed by atoms with van der Waals surface area (Å²) >= 11 is 6.19. The molecule has 0 amide bonds. The molecule has 2 unspecified atom stereocenters. The first-order valence-corrected chi connectivity index (χ1v) is 5.98. The number of rotatable bonds is 3. The predicted octanol–water partition coefficient (Wildman–Crippen LogP) is 3.54. The Hall–Kier alpha value is -1.09. The Kier molecular flexibility index (Phi) is 3.44. The Bertz CT molecular complexity index is 394. The number of nitro groups is 1. The Balaban J connectivity index is 2.17. The molecule has 3 nitrogen and oxygen atoms in total. The number of alkyl halides is 1. The number of para-hydroxylation sites is 1. The molecule has 0 heterocycles. The van der Waals surface area contributed by atoms with Gasteiger partial charge in [0, 0.05) is 17.0 Å². The van der Waals surface area contributed by atoms with Crippen molar-refractivity contribution in [3.05, 3.63) is 39.9 Å². The maximum absolute atomic E-state index is 10.8. The van der Waals surface area contributed by atoms with E-state index in [9.17, 15) is 10.1 Å². The maximum atomic E-state index is 10.8. The molecule has 0 radical (unpaired) electrons. The van der Waals surface area contributed by atoms with Crippen molar-refractivity contribution in [3.8, 4) is 0 Å². The van der Waals surface area contributed by atoms with Crippen LogP contribution >= 0.6 is 11.6 Å². The predicted molar refractivity (Wildman–Crippen MR) is 63.8 cm³/mol. The van der Waals surface area contributed by atoms with Gasteiger partial charge in [0.25, 0.3) is 5.69 Å². The molecular weight excluding hydrogens is 226 g/mol. The largest absolute Gasteiger partial charge is 0.272 e. The molecule has 1 aromatic carbocycles. The van der Waals surface area contributed by atoms with Crippen molar-refractivity contribution >= 4 is 17.3 Å². The van der Waals surface area contributed by atoms with Crippen LogP contribution in [0.5, 0.6) is 0 Å². The summed E-state index contributed by atoms with van der Waals surface area (Å²) in [5.74, 6) is 0.391. The van der Waals surface area contributed by atoms with E-state index in [0.29, 0.717) is 5.92 Å². The molecule has 1 fully saturated rings. The van der Waals surface area contributed by atoms with Crippen molar-refractivity contribution in [1.82, 2.24) is 0 Å².